The zero-order valence-electron chi connectivity index (χ0n) is 9.92. The molecule has 1 aromatic rings. The number of esters is 1. The lowest BCUT2D eigenvalue weighted by atomic mass is 10.2. The number of carbonyl (C=O) groups excluding carboxylic acids is 2. The lowest BCUT2D eigenvalue weighted by molar-refractivity contribution is -0.142. The van der Waals surface area contributed by atoms with Gasteiger partial charge in [0.2, 0.25) is 0 Å². The number of ether oxygens (including phenoxy) is 2. The third kappa shape index (κ3) is 2.33. The molecular formula is C12H9ClN2O4. The van der Waals surface area contributed by atoms with E-state index in [1.54, 1.807) is 0 Å². The van der Waals surface area contributed by atoms with Crippen LogP contribution in [-0.4, -0.2) is 31.8 Å². The van der Waals surface area contributed by atoms with E-state index in [0.29, 0.717) is 5.69 Å². The minimum Gasteiger partial charge on any atom is -0.467 e. The maximum atomic E-state index is 11.7. The number of methoxy groups -OCH3 is 1. The fourth-order valence-corrected chi connectivity index (χ4v) is 1.98. The lowest BCUT2D eigenvalue weighted by Crippen LogP contribution is -2.40. The first kappa shape index (κ1) is 13.2. The van der Waals surface area contributed by atoms with Gasteiger partial charge in [0.05, 0.1) is 17.7 Å². The number of anilines is 1. The minimum atomic E-state index is -0.846. The van der Waals surface area contributed by atoms with Crippen LogP contribution < -0.4 is 4.90 Å². The van der Waals surface area contributed by atoms with E-state index in [4.69, 9.17) is 21.6 Å². The average Bonchev–Trinajstić information content (AvgIpc) is 2.79. The molecule has 0 bridgehead atoms. The summed E-state index contributed by atoms with van der Waals surface area (Å²) in [5, 5.41) is 8.99. The molecule has 6 nitrogen and oxygen atoms in total. The second-order valence-electron chi connectivity index (χ2n) is 3.76. The number of cyclic esters (lactones) is 1. The van der Waals surface area contributed by atoms with Crippen molar-refractivity contribution in [2.45, 2.75) is 6.04 Å². The highest BCUT2D eigenvalue weighted by molar-refractivity contribution is 6.32. The fourth-order valence-electron chi connectivity index (χ4n) is 1.76. The second kappa shape index (κ2) is 5.16. The van der Waals surface area contributed by atoms with E-state index in [-0.39, 0.29) is 17.2 Å². The molecule has 1 atom stereocenters. The van der Waals surface area contributed by atoms with Crippen molar-refractivity contribution in [3.8, 4) is 6.07 Å². The van der Waals surface area contributed by atoms with Crippen molar-refractivity contribution in [2.75, 3.05) is 18.6 Å². The van der Waals surface area contributed by atoms with Gasteiger partial charge >= 0.3 is 12.1 Å². The molecule has 19 heavy (non-hydrogen) atoms. The SMILES string of the molecule is COC(=O)C1COC(=O)N1c1ccc(C#N)c(Cl)c1. The molecule has 7 heteroatoms. The summed E-state index contributed by atoms with van der Waals surface area (Å²) in [4.78, 5) is 24.4. The summed E-state index contributed by atoms with van der Waals surface area (Å²) in [6, 6.07) is 5.49. The summed E-state index contributed by atoms with van der Waals surface area (Å²) in [5.41, 5.74) is 0.662. The van der Waals surface area contributed by atoms with Crippen LogP contribution in [0.3, 0.4) is 0 Å². The van der Waals surface area contributed by atoms with Crippen molar-refractivity contribution in [1.82, 2.24) is 0 Å². The number of hydrogen-bond acceptors (Lipinski definition) is 5. The first-order valence-electron chi connectivity index (χ1n) is 5.32. The van der Waals surface area contributed by atoms with Crippen LogP contribution in [0.25, 0.3) is 0 Å². The number of nitrogens with zero attached hydrogens (tertiary/aromatic N) is 2. The largest absolute Gasteiger partial charge is 0.467 e. The highest BCUT2D eigenvalue weighted by Gasteiger charge is 2.40. The van der Waals surface area contributed by atoms with Crippen LogP contribution >= 0.6 is 11.6 Å². The summed E-state index contributed by atoms with van der Waals surface area (Å²) < 4.78 is 9.44. The van der Waals surface area contributed by atoms with Crippen molar-refractivity contribution in [2.24, 2.45) is 0 Å². The molecule has 1 aliphatic rings. The van der Waals surface area contributed by atoms with E-state index in [0.717, 1.165) is 4.90 Å². The summed E-state index contributed by atoms with van der Waals surface area (Å²) in [6.45, 7) is -0.0802. The van der Waals surface area contributed by atoms with Crippen molar-refractivity contribution < 1.29 is 19.1 Å². The van der Waals surface area contributed by atoms with E-state index in [9.17, 15) is 9.59 Å². The summed E-state index contributed by atoms with van der Waals surface area (Å²) >= 11 is 5.90. The minimum absolute atomic E-state index is 0.0802. The summed E-state index contributed by atoms with van der Waals surface area (Å²) in [6.07, 6.45) is -0.656. The van der Waals surface area contributed by atoms with Crippen LogP contribution in [0.5, 0.6) is 0 Å². The Morgan fingerprint density at radius 3 is 2.95 bits per heavy atom. The van der Waals surface area contributed by atoms with Gasteiger partial charge in [0.1, 0.15) is 12.7 Å². The highest BCUT2D eigenvalue weighted by Crippen LogP contribution is 2.28. The standard InChI is InChI=1S/C12H9ClN2O4/c1-18-11(16)10-6-19-12(17)15(10)8-3-2-7(5-14)9(13)4-8/h2-4,10H,6H2,1H3. The summed E-state index contributed by atoms with van der Waals surface area (Å²) in [7, 11) is 1.23. The Morgan fingerprint density at radius 2 is 2.37 bits per heavy atom. The first-order valence-corrected chi connectivity index (χ1v) is 5.69. The Morgan fingerprint density at radius 1 is 1.63 bits per heavy atom. The van der Waals surface area contributed by atoms with Crippen molar-refractivity contribution in [3.05, 3.63) is 28.8 Å². The quantitative estimate of drug-likeness (QED) is 0.771. The molecule has 2 rings (SSSR count). The van der Waals surface area contributed by atoms with Crippen molar-refractivity contribution in [3.63, 3.8) is 0 Å². The predicted octanol–water partition coefficient (Wildman–Crippen LogP) is 1.71. The molecule has 1 aliphatic heterocycles. The number of hydrogen-bond donors (Lipinski definition) is 0. The van der Waals surface area contributed by atoms with Crippen LogP contribution in [0.4, 0.5) is 10.5 Å². The molecule has 1 aromatic carbocycles. The smallest absolute Gasteiger partial charge is 0.415 e. The monoisotopic (exact) mass is 280 g/mol. The number of carbonyl (C=O) groups is 2. The Kier molecular flexibility index (Phi) is 3.58. The molecule has 0 aliphatic carbocycles. The fraction of sp³-hybridized carbons (Fsp3) is 0.250. The van der Waals surface area contributed by atoms with Gasteiger partial charge in [-0.1, -0.05) is 11.6 Å². The maximum absolute atomic E-state index is 11.7. The van der Waals surface area contributed by atoms with Gasteiger partial charge in [0.25, 0.3) is 0 Å². The van der Waals surface area contributed by atoms with Crippen LogP contribution in [0.2, 0.25) is 5.02 Å². The Bertz CT molecular complexity index is 582. The normalized spacial score (nSPS) is 17.8. The Hall–Kier alpha value is -2.26. The van der Waals surface area contributed by atoms with Gasteiger partial charge in [-0.3, -0.25) is 4.90 Å². The molecule has 0 saturated carbocycles. The van der Waals surface area contributed by atoms with Gasteiger partial charge in [-0.25, -0.2) is 9.59 Å². The summed E-state index contributed by atoms with van der Waals surface area (Å²) in [5.74, 6) is -0.577. The predicted molar refractivity (Wildman–Crippen MR) is 65.8 cm³/mol. The van der Waals surface area contributed by atoms with Crippen LogP contribution in [0.15, 0.2) is 18.2 Å². The Labute approximate surface area is 114 Å². The third-order valence-corrected chi connectivity index (χ3v) is 3.01. The molecule has 0 spiro atoms. The van der Waals surface area contributed by atoms with Crippen LogP contribution in [-0.2, 0) is 14.3 Å². The van der Waals surface area contributed by atoms with Gasteiger partial charge in [0.15, 0.2) is 6.04 Å². The molecule has 1 fully saturated rings. The maximum Gasteiger partial charge on any atom is 0.415 e. The zero-order chi connectivity index (χ0) is 14.0. The number of benzene rings is 1. The van der Waals surface area contributed by atoms with Crippen LogP contribution in [0, 0.1) is 11.3 Å². The van der Waals surface area contributed by atoms with Gasteiger partial charge in [-0.15, -0.1) is 0 Å². The zero-order valence-corrected chi connectivity index (χ0v) is 10.7. The van der Waals surface area contributed by atoms with Crippen LogP contribution in [0.1, 0.15) is 5.56 Å². The third-order valence-electron chi connectivity index (χ3n) is 2.70. The molecule has 98 valence electrons. The number of rotatable bonds is 2. The van der Waals surface area contributed by atoms with Gasteiger partial charge in [-0.2, -0.15) is 5.26 Å². The second-order valence-corrected chi connectivity index (χ2v) is 4.17. The van der Waals surface area contributed by atoms with E-state index in [1.807, 2.05) is 6.07 Å². The number of halogens is 1. The topological polar surface area (TPSA) is 79.6 Å². The molecule has 1 heterocycles. The van der Waals surface area contributed by atoms with E-state index >= 15 is 0 Å². The van der Waals surface area contributed by atoms with Gasteiger partial charge in [0, 0.05) is 5.69 Å². The molecule has 0 N–H and O–H groups in total. The first-order chi connectivity index (χ1) is 9.08. The van der Waals surface area contributed by atoms with Crippen molar-refractivity contribution >= 4 is 29.4 Å². The van der Waals surface area contributed by atoms with Gasteiger partial charge < -0.3 is 9.47 Å². The lowest BCUT2D eigenvalue weighted by Gasteiger charge is -2.19. The van der Waals surface area contributed by atoms with Gasteiger partial charge in [-0.05, 0) is 18.2 Å². The highest BCUT2D eigenvalue weighted by atomic mass is 35.5. The number of amides is 1. The average molecular weight is 281 g/mol. The molecular weight excluding hydrogens is 272 g/mol. The molecule has 0 aromatic heterocycles. The van der Waals surface area contributed by atoms with E-state index in [2.05, 4.69) is 4.74 Å². The molecule has 0 radical (unpaired) electrons. The van der Waals surface area contributed by atoms with E-state index in [1.165, 1.54) is 25.3 Å². The van der Waals surface area contributed by atoms with E-state index < -0.39 is 18.1 Å². The molecule has 1 amide bonds. The molecule has 1 unspecified atom stereocenters. The van der Waals surface area contributed by atoms with Crippen molar-refractivity contribution in [1.29, 1.82) is 5.26 Å². The molecule has 1 saturated heterocycles. The Balaban J connectivity index is 2.38. The number of nitriles is 1.